The summed E-state index contributed by atoms with van der Waals surface area (Å²) in [6, 6.07) is 8.23. The molecule has 2 aromatic rings. The highest BCUT2D eigenvalue weighted by molar-refractivity contribution is 5.95. The SMILES string of the molecule is Cc1ccnc(C[C@H](C)N(C)C(=O)c2cc(F)ccc2C)c1. The van der Waals surface area contributed by atoms with E-state index >= 15 is 0 Å². The monoisotopic (exact) mass is 300 g/mol. The van der Waals surface area contributed by atoms with Crippen LogP contribution < -0.4 is 0 Å². The largest absolute Gasteiger partial charge is 0.339 e. The summed E-state index contributed by atoms with van der Waals surface area (Å²) in [5.41, 5.74) is 3.28. The summed E-state index contributed by atoms with van der Waals surface area (Å²) in [6.45, 7) is 5.80. The Kier molecular flexibility index (Phi) is 4.91. The first-order chi connectivity index (χ1) is 10.4. The minimum atomic E-state index is -0.393. The van der Waals surface area contributed by atoms with Gasteiger partial charge in [0.15, 0.2) is 0 Å². The van der Waals surface area contributed by atoms with Gasteiger partial charge in [0, 0.05) is 37.0 Å². The van der Waals surface area contributed by atoms with E-state index in [1.54, 1.807) is 24.2 Å². The molecule has 0 fully saturated rings. The number of carbonyl (C=O) groups is 1. The summed E-state index contributed by atoms with van der Waals surface area (Å²) in [6.07, 6.45) is 2.44. The van der Waals surface area contributed by atoms with Gasteiger partial charge < -0.3 is 4.90 Å². The summed E-state index contributed by atoms with van der Waals surface area (Å²) < 4.78 is 13.4. The molecule has 0 N–H and O–H groups in total. The van der Waals surface area contributed by atoms with Crippen molar-refractivity contribution in [2.24, 2.45) is 0 Å². The zero-order chi connectivity index (χ0) is 16.3. The maximum absolute atomic E-state index is 13.4. The number of hydrogen-bond acceptors (Lipinski definition) is 2. The van der Waals surface area contributed by atoms with E-state index in [1.807, 2.05) is 32.9 Å². The predicted molar refractivity (Wildman–Crippen MR) is 85.4 cm³/mol. The van der Waals surface area contributed by atoms with Crippen molar-refractivity contribution in [3.8, 4) is 0 Å². The molecule has 0 saturated heterocycles. The van der Waals surface area contributed by atoms with Crippen LogP contribution in [-0.2, 0) is 6.42 Å². The van der Waals surface area contributed by atoms with E-state index in [2.05, 4.69) is 4.98 Å². The average molecular weight is 300 g/mol. The van der Waals surface area contributed by atoms with E-state index < -0.39 is 5.82 Å². The molecule has 0 bridgehead atoms. The van der Waals surface area contributed by atoms with Gasteiger partial charge in [0.1, 0.15) is 5.82 Å². The van der Waals surface area contributed by atoms with E-state index in [4.69, 9.17) is 0 Å². The van der Waals surface area contributed by atoms with E-state index in [-0.39, 0.29) is 11.9 Å². The van der Waals surface area contributed by atoms with Crippen molar-refractivity contribution in [1.82, 2.24) is 9.88 Å². The van der Waals surface area contributed by atoms with E-state index in [1.165, 1.54) is 12.1 Å². The molecule has 0 aliphatic rings. The summed E-state index contributed by atoms with van der Waals surface area (Å²) in [4.78, 5) is 18.5. The molecule has 1 heterocycles. The van der Waals surface area contributed by atoms with Gasteiger partial charge in [-0.3, -0.25) is 9.78 Å². The summed E-state index contributed by atoms with van der Waals surface area (Å²) in [7, 11) is 1.74. The quantitative estimate of drug-likeness (QED) is 0.865. The molecule has 2 rings (SSSR count). The lowest BCUT2D eigenvalue weighted by Crippen LogP contribution is -2.37. The Morgan fingerprint density at radius 2 is 2.00 bits per heavy atom. The number of carbonyl (C=O) groups excluding carboxylic acids is 1. The number of halogens is 1. The molecular weight excluding hydrogens is 279 g/mol. The summed E-state index contributed by atoms with van der Waals surface area (Å²) >= 11 is 0. The second-order valence-electron chi connectivity index (χ2n) is 5.75. The molecule has 116 valence electrons. The lowest BCUT2D eigenvalue weighted by atomic mass is 10.1. The second-order valence-corrected chi connectivity index (χ2v) is 5.75. The first-order valence-electron chi connectivity index (χ1n) is 7.33. The molecule has 0 spiro atoms. The average Bonchev–Trinajstić information content (AvgIpc) is 2.48. The van der Waals surface area contributed by atoms with Crippen molar-refractivity contribution in [1.29, 1.82) is 0 Å². The highest BCUT2D eigenvalue weighted by atomic mass is 19.1. The van der Waals surface area contributed by atoms with Gasteiger partial charge in [0.05, 0.1) is 0 Å². The summed E-state index contributed by atoms with van der Waals surface area (Å²) in [5, 5.41) is 0. The van der Waals surface area contributed by atoms with Crippen molar-refractivity contribution in [2.45, 2.75) is 33.2 Å². The van der Waals surface area contributed by atoms with Crippen LogP contribution in [0.3, 0.4) is 0 Å². The standard InChI is InChI=1S/C18H21FN2O/c1-12-7-8-20-16(9-12)10-14(3)21(4)18(22)17-11-15(19)6-5-13(17)2/h5-9,11,14H,10H2,1-4H3/t14-/m0/s1. The van der Waals surface area contributed by atoms with Crippen LogP contribution in [0.4, 0.5) is 4.39 Å². The van der Waals surface area contributed by atoms with Crippen LogP contribution >= 0.6 is 0 Å². The normalized spacial score (nSPS) is 12.0. The smallest absolute Gasteiger partial charge is 0.254 e. The summed E-state index contributed by atoms with van der Waals surface area (Å²) in [5.74, 6) is -0.562. The molecule has 1 aromatic heterocycles. The molecule has 22 heavy (non-hydrogen) atoms. The molecule has 0 aliphatic carbocycles. The van der Waals surface area contributed by atoms with Crippen LogP contribution in [0.25, 0.3) is 0 Å². The third kappa shape index (κ3) is 3.70. The number of pyridine rings is 1. The van der Waals surface area contributed by atoms with Gasteiger partial charge in [-0.2, -0.15) is 0 Å². The minimum absolute atomic E-state index is 0.0236. The van der Waals surface area contributed by atoms with Gasteiger partial charge in [0.2, 0.25) is 0 Å². The number of aromatic nitrogens is 1. The topological polar surface area (TPSA) is 33.2 Å². The van der Waals surface area contributed by atoms with E-state index in [0.29, 0.717) is 12.0 Å². The van der Waals surface area contributed by atoms with Crippen molar-refractivity contribution in [3.63, 3.8) is 0 Å². The fourth-order valence-corrected chi connectivity index (χ4v) is 2.36. The third-order valence-electron chi connectivity index (χ3n) is 3.89. The van der Waals surface area contributed by atoms with E-state index in [0.717, 1.165) is 16.8 Å². The minimum Gasteiger partial charge on any atom is -0.339 e. The lowest BCUT2D eigenvalue weighted by Gasteiger charge is -2.25. The number of nitrogens with zero attached hydrogens (tertiary/aromatic N) is 2. The third-order valence-corrected chi connectivity index (χ3v) is 3.89. The maximum atomic E-state index is 13.4. The Balaban J connectivity index is 2.14. The van der Waals surface area contributed by atoms with Crippen molar-refractivity contribution >= 4 is 5.91 Å². The Morgan fingerprint density at radius 3 is 2.68 bits per heavy atom. The Bertz CT molecular complexity index is 685. The molecule has 1 amide bonds. The Morgan fingerprint density at radius 1 is 1.27 bits per heavy atom. The molecular formula is C18H21FN2O. The van der Waals surface area contributed by atoms with Crippen molar-refractivity contribution < 1.29 is 9.18 Å². The second kappa shape index (κ2) is 6.69. The first-order valence-corrected chi connectivity index (χ1v) is 7.33. The van der Waals surface area contributed by atoms with Crippen LogP contribution in [0.1, 0.15) is 34.1 Å². The lowest BCUT2D eigenvalue weighted by molar-refractivity contribution is 0.0741. The van der Waals surface area contributed by atoms with Crippen LogP contribution in [0.15, 0.2) is 36.5 Å². The fraction of sp³-hybridized carbons (Fsp3) is 0.333. The highest BCUT2D eigenvalue weighted by Gasteiger charge is 2.20. The number of likely N-dealkylation sites (N-methyl/N-ethyl adjacent to an activating group) is 1. The van der Waals surface area contributed by atoms with E-state index in [9.17, 15) is 9.18 Å². The van der Waals surface area contributed by atoms with Gasteiger partial charge in [-0.25, -0.2) is 4.39 Å². The van der Waals surface area contributed by atoms with Crippen molar-refractivity contribution in [3.05, 3.63) is 64.7 Å². The van der Waals surface area contributed by atoms with Gasteiger partial charge in [-0.05, 0) is 56.2 Å². The van der Waals surface area contributed by atoms with Crippen LogP contribution in [0.2, 0.25) is 0 Å². The Hall–Kier alpha value is -2.23. The van der Waals surface area contributed by atoms with Crippen LogP contribution in [0.5, 0.6) is 0 Å². The number of rotatable bonds is 4. The number of hydrogen-bond donors (Lipinski definition) is 0. The Labute approximate surface area is 130 Å². The molecule has 0 unspecified atom stereocenters. The van der Waals surface area contributed by atoms with Gasteiger partial charge in [-0.1, -0.05) is 6.07 Å². The predicted octanol–water partition coefficient (Wildman–Crippen LogP) is 3.54. The van der Waals surface area contributed by atoms with Gasteiger partial charge >= 0.3 is 0 Å². The zero-order valence-electron chi connectivity index (χ0n) is 13.4. The molecule has 1 atom stereocenters. The van der Waals surface area contributed by atoms with Crippen LogP contribution in [0, 0.1) is 19.7 Å². The number of benzene rings is 1. The number of amides is 1. The fourth-order valence-electron chi connectivity index (χ4n) is 2.36. The van der Waals surface area contributed by atoms with Gasteiger partial charge in [0.25, 0.3) is 5.91 Å². The van der Waals surface area contributed by atoms with Crippen LogP contribution in [-0.4, -0.2) is 28.9 Å². The van der Waals surface area contributed by atoms with Crippen molar-refractivity contribution in [2.75, 3.05) is 7.05 Å². The molecule has 3 nitrogen and oxygen atoms in total. The molecule has 1 aromatic carbocycles. The highest BCUT2D eigenvalue weighted by Crippen LogP contribution is 2.15. The molecule has 0 radical (unpaired) electrons. The molecule has 0 aliphatic heterocycles. The maximum Gasteiger partial charge on any atom is 0.254 e. The zero-order valence-corrected chi connectivity index (χ0v) is 13.4. The first kappa shape index (κ1) is 16.1. The molecule has 0 saturated carbocycles. The number of aryl methyl sites for hydroxylation is 2. The molecule has 4 heteroatoms. The van der Waals surface area contributed by atoms with Gasteiger partial charge in [-0.15, -0.1) is 0 Å².